The van der Waals surface area contributed by atoms with Gasteiger partial charge in [-0.2, -0.15) is 0 Å². The minimum absolute atomic E-state index is 0. The SMILES string of the molecule is COC[C@@H]1C[C@@H](N2CCC(Cc3ccc(Cl)cc3)CC2)[C@H](NC(=O)Nc2cc(OC)c(OC)c(OC)c2)C1.Cl. The summed E-state index contributed by atoms with van der Waals surface area (Å²) >= 11 is 6.05. The summed E-state index contributed by atoms with van der Waals surface area (Å²) < 4.78 is 21.7. The van der Waals surface area contributed by atoms with Crippen LogP contribution in [0.15, 0.2) is 36.4 Å². The van der Waals surface area contributed by atoms with E-state index in [4.69, 9.17) is 30.5 Å². The molecule has 39 heavy (non-hydrogen) atoms. The minimum atomic E-state index is -0.245. The number of carbonyl (C=O) groups excluding carboxylic acids is 1. The quantitative estimate of drug-likeness (QED) is 0.377. The molecule has 8 nitrogen and oxygen atoms in total. The van der Waals surface area contributed by atoms with Gasteiger partial charge in [-0.25, -0.2) is 4.79 Å². The van der Waals surface area contributed by atoms with E-state index < -0.39 is 0 Å². The van der Waals surface area contributed by atoms with E-state index in [2.05, 4.69) is 27.7 Å². The molecule has 1 saturated carbocycles. The molecule has 1 heterocycles. The molecular formula is C29H41Cl2N3O5. The molecule has 0 bridgehead atoms. The second-order valence-electron chi connectivity index (χ2n) is 10.3. The molecule has 0 aromatic heterocycles. The van der Waals surface area contributed by atoms with Crippen molar-refractivity contribution in [1.29, 1.82) is 0 Å². The number of hydrogen-bond acceptors (Lipinski definition) is 6. The van der Waals surface area contributed by atoms with Crippen LogP contribution in [-0.2, 0) is 11.2 Å². The number of rotatable bonds is 10. The summed E-state index contributed by atoms with van der Waals surface area (Å²) in [4.78, 5) is 15.7. The molecule has 3 atom stereocenters. The number of nitrogens with one attached hydrogen (secondary N) is 2. The van der Waals surface area contributed by atoms with Crippen LogP contribution in [0.4, 0.5) is 10.5 Å². The number of ether oxygens (including phenoxy) is 4. The fourth-order valence-electron chi connectivity index (χ4n) is 5.98. The van der Waals surface area contributed by atoms with Gasteiger partial charge < -0.3 is 29.6 Å². The number of halogens is 2. The number of benzene rings is 2. The monoisotopic (exact) mass is 581 g/mol. The summed E-state index contributed by atoms with van der Waals surface area (Å²) in [7, 11) is 6.41. The molecule has 2 aromatic rings. The second-order valence-corrected chi connectivity index (χ2v) is 10.7. The maximum atomic E-state index is 13.1. The number of methoxy groups -OCH3 is 4. The zero-order chi connectivity index (χ0) is 27.1. The van der Waals surface area contributed by atoms with Gasteiger partial charge in [0.15, 0.2) is 11.5 Å². The summed E-state index contributed by atoms with van der Waals surface area (Å²) in [6, 6.07) is 11.8. The lowest BCUT2D eigenvalue weighted by Crippen LogP contribution is -2.52. The van der Waals surface area contributed by atoms with Crippen LogP contribution >= 0.6 is 24.0 Å². The molecule has 2 N–H and O–H groups in total. The average Bonchev–Trinajstić information content (AvgIpc) is 3.31. The third-order valence-electron chi connectivity index (χ3n) is 7.82. The summed E-state index contributed by atoms with van der Waals surface area (Å²) in [6.07, 6.45) is 5.30. The molecule has 0 radical (unpaired) electrons. The second kappa shape index (κ2) is 14.8. The van der Waals surface area contributed by atoms with Gasteiger partial charge in [-0.3, -0.25) is 4.90 Å². The van der Waals surface area contributed by atoms with Crippen LogP contribution in [0.2, 0.25) is 5.02 Å². The van der Waals surface area contributed by atoms with Crippen LogP contribution in [-0.4, -0.2) is 71.2 Å². The van der Waals surface area contributed by atoms with Crippen molar-refractivity contribution in [2.45, 2.75) is 44.2 Å². The van der Waals surface area contributed by atoms with Gasteiger partial charge in [0.1, 0.15) is 0 Å². The number of amides is 2. The van der Waals surface area contributed by atoms with Crippen molar-refractivity contribution in [2.24, 2.45) is 11.8 Å². The Morgan fingerprint density at radius 1 is 0.949 bits per heavy atom. The standard InChI is InChI=1S/C29H40ClN3O5.ClH/c1-35-18-21-14-24(32-29(34)31-23-16-26(36-2)28(38-4)27(17-23)37-3)25(15-21)33-11-9-20(10-12-33)13-19-5-7-22(30)8-6-19;/h5-8,16-17,20-21,24-25H,9-15,18H2,1-4H3,(H2,31,32,34);1H/t21-,24+,25+;/m0./s1. The molecule has 0 spiro atoms. The van der Waals surface area contributed by atoms with Crippen LogP contribution in [0.5, 0.6) is 17.2 Å². The van der Waals surface area contributed by atoms with Crippen molar-refractivity contribution in [3.05, 3.63) is 47.0 Å². The first-order chi connectivity index (χ1) is 18.4. The number of piperidine rings is 1. The van der Waals surface area contributed by atoms with Crippen molar-refractivity contribution < 1.29 is 23.7 Å². The Bertz CT molecular complexity index is 1040. The van der Waals surface area contributed by atoms with E-state index in [9.17, 15) is 4.79 Å². The van der Waals surface area contributed by atoms with Crippen LogP contribution in [0.25, 0.3) is 0 Å². The van der Waals surface area contributed by atoms with E-state index in [1.807, 2.05) is 12.1 Å². The van der Waals surface area contributed by atoms with Crippen LogP contribution < -0.4 is 24.8 Å². The number of nitrogens with zero attached hydrogens (tertiary/aromatic N) is 1. The van der Waals surface area contributed by atoms with E-state index in [0.717, 1.165) is 50.2 Å². The first kappa shape index (κ1) is 31.1. The van der Waals surface area contributed by atoms with E-state index in [-0.39, 0.29) is 30.5 Å². The van der Waals surface area contributed by atoms with Gasteiger partial charge in [0.25, 0.3) is 0 Å². The maximum absolute atomic E-state index is 13.1. The molecule has 2 aliphatic rings. The molecule has 2 aromatic carbocycles. The first-order valence-electron chi connectivity index (χ1n) is 13.3. The average molecular weight is 583 g/mol. The van der Waals surface area contributed by atoms with Crippen molar-refractivity contribution in [3.63, 3.8) is 0 Å². The van der Waals surface area contributed by atoms with E-state index in [1.54, 1.807) is 40.6 Å². The predicted octanol–water partition coefficient (Wildman–Crippen LogP) is 5.66. The number of hydrogen-bond donors (Lipinski definition) is 2. The molecule has 216 valence electrons. The van der Waals surface area contributed by atoms with Gasteiger partial charge in [-0.05, 0) is 74.7 Å². The summed E-state index contributed by atoms with van der Waals surface area (Å²) in [5.41, 5.74) is 1.92. The third kappa shape index (κ3) is 8.07. The topological polar surface area (TPSA) is 81.3 Å². The Balaban J connectivity index is 0.00000420. The number of carbonyl (C=O) groups is 1. The molecule has 0 unspecified atom stereocenters. The molecule has 1 aliphatic heterocycles. The van der Waals surface area contributed by atoms with Crippen LogP contribution in [0, 0.1) is 11.8 Å². The van der Waals surface area contributed by atoms with Crippen molar-refractivity contribution in [1.82, 2.24) is 10.2 Å². The fraction of sp³-hybridized carbons (Fsp3) is 0.552. The Hall–Kier alpha value is -2.39. The van der Waals surface area contributed by atoms with Gasteiger partial charge in [-0.1, -0.05) is 23.7 Å². The molecule has 4 rings (SSSR count). The Kier molecular flexibility index (Phi) is 11.9. The molecule has 10 heteroatoms. The van der Waals surface area contributed by atoms with Gasteiger partial charge in [-0.15, -0.1) is 12.4 Å². The number of likely N-dealkylation sites (tertiary alicyclic amines) is 1. The smallest absolute Gasteiger partial charge is 0.319 e. The van der Waals surface area contributed by atoms with Gasteiger partial charge >= 0.3 is 6.03 Å². The highest BCUT2D eigenvalue weighted by atomic mass is 35.5. The lowest BCUT2D eigenvalue weighted by molar-refractivity contribution is 0.111. The highest BCUT2D eigenvalue weighted by Crippen LogP contribution is 2.40. The number of urea groups is 1. The van der Waals surface area contributed by atoms with Crippen molar-refractivity contribution in [3.8, 4) is 17.2 Å². The fourth-order valence-corrected chi connectivity index (χ4v) is 6.11. The largest absolute Gasteiger partial charge is 0.493 e. The van der Waals surface area contributed by atoms with E-state index in [0.29, 0.717) is 41.4 Å². The molecular weight excluding hydrogens is 541 g/mol. The van der Waals surface area contributed by atoms with Crippen molar-refractivity contribution >= 4 is 35.7 Å². The van der Waals surface area contributed by atoms with E-state index >= 15 is 0 Å². The van der Waals surface area contributed by atoms with E-state index in [1.165, 1.54) is 5.56 Å². The zero-order valence-corrected chi connectivity index (χ0v) is 24.8. The van der Waals surface area contributed by atoms with Crippen molar-refractivity contribution in [2.75, 3.05) is 53.5 Å². The van der Waals surface area contributed by atoms with Crippen LogP contribution in [0.1, 0.15) is 31.2 Å². The Morgan fingerprint density at radius 3 is 2.15 bits per heavy atom. The van der Waals surface area contributed by atoms with Gasteiger partial charge in [0, 0.05) is 43.0 Å². The minimum Gasteiger partial charge on any atom is -0.493 e. The van der Waals surface area contributed by atoms with Gasteiger partial charge in [0.05, 0.1) is 27.0 Å². The maximum Gasteiger partial charge on any atom is 0.319 e. The Morgan fingerprint density at radius 2 is 1.59 bits per heavy atom. The predicted molar refractivity (Wildman–Crippen MR) is 157 cm³/mol. The summed E-state index contributed by atoms with van der Waals surface area (Å²) in [5, 5.41) is 6.98. The number of anilines is 1. The highest BCUT2D eigenvalue weighted by molar-refractivity contribution is 6.30. The normalized spacial score (nSPS) is 21.6. The van der Waals surface area contributed by atoms with Gasteiger partial charge in [0.2, 0.25) is 5.75 Å². The summed E-state index contributed by atoms with van der Waals surface area (Å²) in [6.45, 7) is 2.78. The van der Waals surface area contributed by atoms with Crippen LogP contribution in [0.3, 0.4) is 0 Å². The summed E-state index contributed by atoms with van der Waals surface area (Å²) in [5.74, 6) is 2.55. The molecule has 1 saturated heterocycles. The molecule has 2 amide bonds. The molecule has 1 aliphatic carbocycles. The lowest BCUT2D eigenvalue weighted by Gasteiger charge is -2.38. The Labute approximate surface area is 243 Å². The zero-order valence-electron chi connectivity index (χ0n) is 23.2. The molecule has 2 fully saturated rings. The first-order valence-corrected chi connectivity index (χ1v) is 13.7. The third-order valence-corrected chi connectivity index (χ3v) is 8.08. The lowest BCUT2D eigenvalue weighted by atomic mass is 9.89. The highest BCUT2D eigenvalue weighted by Gasteiger charge is 2.39.